The van der Waals surface area contributed by atoms with Crippen LogP contribution in [0.15, 0.2) is 96.1 Å². The highest BCUT2D eigenvalue weighted by Crippen LogP contribution is 2.25. The summed E-state index contributed by atoms with van der Waals surface area (Å²) in [6.45, 7) is 2.94. The van der Waals surface area contributed by atoms with E-state index in [9.17, 15) is 0 Å². The molecule has 0 aliphatic carbocycles. The Kier molecular flexibility index (Phi) is 7.79. The minimum Gasteiger partial charge on any atom is -0.494 e. The largest absolute Gasteiger partial charge is 0.494 e. The predicted octanol–water partition coefficient (Wildman–Crippen LogP) is 6.83. The van der Waals surface area contributed by atoms with Crippen LogP contribution in [0.3, 0.4) is 0 Å². The summed E-state index contributed by atoms with van der Waals surface area (Å²) in [6, 6.07) is 30.0. The molecule has 166 valence electrons. The van der Waals surface area contributed by atoms with E-state index in [4.69, 9.17) is 4.74 Å². The van der Waals surface area contributed by atoms with Gasteiger partial charge in [0.15, 0.2) is 0 Å². The van der Waals surface area contributed by atoms with Crippen LogP contribution in [-0.4, -0.2) is 22.8 Å². The molecule has 1 aromatic heterocycles. The maximum atomic E-state index is 5.77. The minimum atomic E-state index is 0.447. The number of ether oxygens (including phenoxy) is 1. The van der Waals surface area contributed by atoms with Crippen molar-refractivity contribution in [2.45, 2.75) is 26.2 Å². The van der Waals surface area contributed by atoms with E-state index in [0.29, 0.717) is 5.95 Å². The van der Waals surface area contributed by atoms with Crippen LogP contribution in [0.2, 0.25) is 0 Å². The molecule has 0 spiro atoms. The molecule has 3 aromatic carbocycles. The van der Waals surface area contributed by atoms with E-state index in [-0.39, 0.29) is 0 Å². The lowest BCUT2D eigenvalue weighted by atomic mass is 10.1. The summed E-state index contributed by atoms with van der Waals surface area (Å²) >= 11 is 0. The molecule has 0 fully saturated rings. The Bertz CT molecular complexity index is 1100. The normalized spacial score (nSPS) is 10.9. The van der Waals surface area contributed by atoms with Crippen LogP contribution in [0.4, 0.5) is 5.95 Å². The molecule has 0 saturated carbocycles. The average Bonchev–Trinajstić information content (AvgIpc) is 2.88. The summed E-state index contributed by atoms with van der Waals surface area (Å²) in [4.78, 5) is 9.33. The number of hydrazone groups is 1. The van der Waals surface area contributed by atoms with Crippen molar-refractivity contribution in [2.24, 2.45) is 5.10 Å². The number of hydrogen-bond donors (Lipinski definition) is 1. The van der Waals surface area contributed by atoms with Gasteiger partial charge < -0.3 is 4.74 Å². The Morgan fingerprint density at radius 3 is 1.97 bits per heavy atom. The van der Waals surface area contributed by atoms with Crippen molar-refractivity contribution in [1.29, 1.82) is 0 Å². The fraction of sp³-hybridized carbons (Fsp3) is 0.179. The third-order valence-corrected chi connectivity index (χ3v) is 5.14. The van der Waals surface area contributed by atoms with Gasteiger partial charge in [-0.3, -0.25) is 0 Å². The lowest BCUT2D eigenvalue weighted by molar-refractivity contribution is 0.306. The molecule has 4 rings (SSSR count). The van der Waals surface area contributed by atoms with E-state index in [1.54, 1.807) is 6.21 Å². The zero-order chi connectivity index (χ0) is 22.7. The van der Waals surface area contributed by atoms with Crippen LogP contribution in [0, 0.1) is 0 Å². The topological polar surface area (TPSA) is 59.4 Å². The molecule has 5 heteroatoms. The van der Waals surface area contributed by atoms with E-state index in [1.165, 1.54) is 12.8 Å². The molecule has 0 unspecified atom stereocenters. The molecule has 4 aromatic rings. The Balaban J connectivity index is 1.48. The van der Waals surface area contributed by atoms with Gasteiger partial charge in [-0.1, -0.05) is 80.4 Å². The van der Waals surface area contributed by atoms with Crippen molar-refractivity contribution in [3.63, 3.8) is 0 Å². The van der Waals surface area contributed by atoms with Crippen molar-refractivity contribution in [3.05, 3.63) is 96.6 Å². The van der Waals surface area contributed by atoms with Crippen LogP contribution < -0.4 is 10.2 Å². The van der Waals surface area contributed by atoms with Crippen molar-refractivity contribution in [2.75, 3.05) is 12.0 Å². The van der Waals surface area contributed by atoms with Gasteiger partial charge in [0.05, 0.1) is 24.2 Å². The fourth-order valence-electron chi connectivity index (χ4n) is 3.37. The van der Waals surface area contributed by atoms with Crippen LogP contribution in [0.1, 0.15) is 31.7 Å². The lowest BCUT2D eigenvalue weighted by Gasteiger charge is -2.08. The Morgan fingerprint density at radius 2 is 1.39 bits per heavy atom. The van der Waals surface area contributed by atoms with Gasteiger partial charge >= 0.3 is 0 Å². The van der Waals surface area contributed by atoms with Crippen LogP contribution in [0.5, 0.6) is 5.75 Å². The van der Waals surface area contributed by atoms with Crippen molar-refractivity contribution in [3.8, 4) is 28.3 Å². The number of aromatic nitrogens is 2. The summed E-state index contributed by atoms with van der Waals surface area (Å²) in [5.74, 6) is 1.32. The molecule has 0 radical (unpaired) electrons. The van der Waals surface area contributed by atoms with Gasteiger partial charge in [-0.15, -0.1) is 0 Å². The molecule has 5 nitrogen and oxygen atoms in total. The zero-order valence-corrected chi connectivity index (χ0v) is 18.8. The molecular formula is C28H28N4O. The van der Waals surface area contributed by atoms with Gasteiger partial charge in [0, 0.05) is 11.1 Å². The molecule has 0 bridgehead atoms. The monoisotopic (exact) mass is 436 g/mol. The number of benzene rings is 3. The molecule has 0 amide bonds. The molecule has 1 N–H and O–H groups in total. The summed E-state index contributed by atoms with van der Waals surface area (Å²) in [7, 11) is 0. The minimum absolute atomic E-state index is 0.447. The second-order valence-electron chi connectivity index (χ2n) is 7.69. The molecule has 0 saturated heterocycles. The Hall–Kier alpha value is -3.99. The number of rotatable bonds is 10. The summed E-state index contributed by atoms with van der Waals surface area (Å²) < 4.78 is 5.77. The van der Waals surface area contributed by atoms with E-state index in [0.717, 1.165) is 46.9 Å². The quantitative estimate of drug-likeness (QED) is 0.168. The smallest absolute Gasteiger partial charge is 0.244 e. The fourth-order valence-corrected chi connectivity index (χ4v) is 3.37. The van der Waals surface area contributed by atoms with Gasteiger partial charge in [0.2, 0.25) is 5.95 Å². The van der Waals surface area contributed by atoms with Crippen molar-refractivity contribution >= 4 is 12.2 Å². The number of unbranched alkanes of at least 4 members (excludes halogenated alkanes) is 2. The number of hydrogen-bond acceptors (Lipinski definition) is 5. The first-order valence-electron chi connectivity index (χ1n) is 11.3. The zero-order valence-electron chi connectivity index (χ0n) is 18.8. The number of nitrogens with one attached hydrogen (secondary N) is 1. The van der Waals surface area contributed by atoms with Gasteiger partial charge in [-0.25, -0.2) is 15.4 Å². The highest BCUT2D eigenvalue weighted by molar-refractivity contribution is 5.80. The summed E-state index contributed by atoms with van der Waals surface area (Å²) in [6.07, 6.45) is 5.21. The molecular weight excluding hydrogens is 408 g/mol. The second-order valence-corrected chi connectivity index (χ2v) is 7.69. The third kappa shape index (κ3) is 6.50. The maximum absolute atomic E-state index is 5.77. The first-order chi connectivity index (χ1) is 16.3. The summed E-state index contributed by atoms with van der Waals surface area (Å²) in [5, 5.41) is 4.36. The average molecular weight is 437 g/mol. The first kappa shape index (κ1) is 22.2. The predicted molar refractivity (Wildman–Crippen MR) is 136 cm³/mol. The van der Waals surface area contributed by atoms with Crippen LogP contribution in [0.25, 0.3) is 22.5 Å². The molecule has 0 aliphatic heterocycles. The first-order valence-corrected chi connectivity index (χ1v) is 11.3. The molecule has 1 heterocycles. The van der Waals surface area contributed by atoms with E-state index >= 15 is 0 Å². The maximum Gasteiger partial charge on any atom is 0.244 e. The van der Waals surface area contributed by atoms with Gasteiger partial charge in [0.1, 0.15) is 5.75 Å². The number of nitrogens with zero attached hydrogens (tertiary/aromatic N) is 3. The Morgan fingerprint density at radius 1 is 0.788 bits per heavy atom. The third-order valence-electron chi connectivity index (χ3n) is 5.14. The van der Waals surface area contributed by atoms with E-state index in [1.807, 2.05) is 91.0 Å². The SMILES string of the molecule is CCCCCOc1ccc(/C=N\Nc2nc(-c3ccccc3)cc(-c3ccccc3)n2)cc1. The van der Waals surface area contributed by atoms with Crippen LogP contribution >= 0.6 is 0 Å². The highest BCUT2D eigenvalue weighted by Gasteiger charge is 2.08. The summed E-state index contributed by atoms with van der Waals surface area (Å²) in [5.41, 5.74) is 7.69. The van der Waals surface area contributed by atoms with Gasteiger partial charge in [-0.2, -0.15) is 5.10 Å². The highest BCUT2D eigenvalue weighted by atomic mass is 16.5. The Labute approximate surface area is 195 Å². The van der Waals surface area contributed by atoms with E-state index < -0.39 is 0 Å². The van der Waals surface area contributed by atoms with Crippen molar-refractivity contribution < 1.29 is 4.74 Å². The van der Waals surface area contributed by atoms with Crippen molar-refractivity contribution in [1.82, 2.24) is 9.97 Å². The standard InChI is InChI=1S/C28H28N4O/c1-2-3-10-19-33-25-17-15-22(16-18-25)21-29-32-28-30-26(23-11-6-4-7-12-23)20-27(31-28)24-13-8-5-9-14-24/h4-9,11-18,20-21H,2-3,10,19H2,1H3,(H,30,31,32)/b29-21-. The van der Waals surface area contributed by atoms with E-state index in [2.05, 4.69) is 27.4 Å². The second kappa shape index (κ2) is 11.6. The molecule has 0 atom stereocenters. The number of anilines is 1. The van der Waals surface area contributed by atoms with Crippen LogP contribution in [-0.2, 0) is 0 Å². The van der Waals surface area contributed by atoms with Gasteiger partial charge in [-0.05, 0) is 42.3 Å². The lowest BCUT2D eigenvalue weighted by Crippen LogP contribution is -2.00. The van der Waals surface area contributed by atoms with Gasteiger partial charge in [0.25, 0.3) is 0 Å². The molecule has 33 heavy (non-hydrogen) atoms. The molecule has 0 aliphatic rings.